The molecule has 0 aromatic carbocycles. The Morgan fingerprint density at radius 3 is 1.40 bits per heavy atom. The molecule has 6 nitrogen and oxygen atoms in total. The lowest BCUT2D eigenvalue weighted by Gasteiger charge is -2.03. The molecule has 0 atom stereocenters. The molecule has 0 bridgehead atoms. The first-order valence-electron chi connectivity index (χ1n) is 2.99. The molecule has 2 fully saturated rings. The molecule has 0 unspecified atom stereocenters. The highest BCUT2D eigenvalue weighted by atomic mass is 15.5. The highest BCUT2D eigenvalue weighted by molar-refractivity contribution is 5.86. The Labute approximate surface area is 57.4 Å². The smallest absolute Gasteiger partial charge is 0.191 e. The lowest BCUT2D eigenvalue weighted by molar-refractivity contribution is 0.522. The number of nitrogens with one attached hydrogen (secondary N) is 6. The van der Waals surface area contributed by atoms with Gasteiger partial charge in [-0.25, -0.2) is 0 Å². The summed E-state index contributed by atoms with van der Waals surface area (Å²) < 4.78 is 0. The van der Waals surface area contributed by atoms with Crippen molar-refractivity contribution in [3.05, 3.63) is 0 Å². The molecule has 0 aromatic heterocycles. The molecule has 0 amide bonds. The molecular weight excluding hydrogens is 132 g/mol. The average Bonchev–Trinajstić information content (AvgIpc) is 2.21. The van der Waals surface area contributed by atoms with Gasteiger partial charge in [-0.3, -0.25) is 10.8 Å². The van der Waals surface area contributed by atoms with Gasteiger partial charge in [0.2, 0.25) is 0 Å². The lowest BCUT2D eigenvalue weighted by Crippen LogP contribution is -2.39. The van der Waals surface area contributed by atoms with Crippen molar-refractivity contribution < 1.29 is 0 Å². The van der Waals surface area contributed by atoms with Crippen LogP contribution in [0.15, 0.2) is 0 Å². The van der Waals surface area contributed by atoms with E-state index in [1.54, 1.807) is 0 Å². The molecule has 6 heteroatoms. The summed E-state index contributed by atoms with van der Waals surface area (Å²) in [5, 5.41) is 25.5. The SMILES string of the molecule is N=C1NC2NC(=N)NC2N1. The van der Waals surface area contributed by atoms with Crippen molar-refractivity contribution in [1.29, 1.82) is 10.8 Å². The predicted molar refractivity (Wildman–Crippen MR) is 35.6 cm³/mol. The minimum absolute atomic E-state index is 0.0417. The molecule has 0 aliphatic carbocycles. The maximum absolute atomic E-state index is 7.14. The molecule has 0 spiro atoms. The van der Waals surface area contributed by atoms with Crippen molar-refractivity contribution in [3.8, 4) is 0 Å². The third kappa shape index (κ3) is 0.584. The number of rotatable bonds is 0. The molecule has 0 radical (unpaired) electrons. The molecule has 2 heterocycles. The number of hydrogen-bond donors (Lipinski definition) is 6. The second-order valence-corrected chi connectivity index (χ2v) is 2.28. The average molecular weight is 140 g/mol. The van der Waals surface area contributed by atoms with Crippen molar-refractivity contribution in [2.75, 3.05) is 0 Å². The summed E-state index contributed by atoms with van der Waals surface area (Å²) in [6.45, 7) is 0. The van der Waals surface area contributed by atoms with Gasteiger partial charge in [0.05, 0.1) is 0 Å². The van der Waals surface area contributed by atoms with E-state index in [1.807, 2.05) is 0 Å². The first kappa shape index (κ1) is 5.33. The van der Waals surface area contributed by atoms with E-state index in [9.17, 15) is 0 Å². The Balaban J connectivity index is 2.12. The molecule has 0 aromatic rings. The van der Waals surface area contributed by atoms with Crippen LogP contribution in [0.3, 0.4) is 0 Å². The summed E-state index contributed by atoms with van der Waals surface area (Å²) in [4.78, 5) is 0. The summed E-state index contributed by atoms with van der Waals surface area (Å²) in [5.41, 5.74) is 0. The maximum atomic E-state index is 7.14. The lowest BCUT2D eigenvalue weighted by atomic mass is 10.4. The Morgan fingerprint density at radius 2 is 1.10 bits per heavy atom. The second-order valence-electron chi connectivity index (χ2n) is 2.28. The van der Waals surface area contributed by atoms with Gasteiger partial charge in [-0.15, -0.1) is 0 Å². The zero-order chi connectivity index (χ0) is 7.14. The molecular formula is C4H8N6. The van der Waals surface area contributed by atoms with Gasteiger partial charge in [0.15, 0.2) is 11.9 Å². The molecule has 2 rings (SSSR count). The van der Waals surface area contributed by atoms with Crippen LogP contribution in [0.4, 0.5) is 0 Å². The Morgan fingerprint density at radius 1 is 0.800 bits per heavy atom. The largest absolute Gasteiger partial charge is 0.333 e. The third-order valence-electron chi connectivity index (χ3n) is 1.53. The number of fused-ring (bicyclic) bond motifs is 1. The van der Waals surface area contributed by atoms with E-state index in [-0.39, 0.29) is 12.3 Å². The fraction of sp³-hybridized carbons (Fsp3) is 0.500. The van der Waals surface area contributed by atoms with Gasteiger partial charge in [-0.1, -0.05) is 0 Å². The monoisotopic (exact) mass is 140 g/mol. The van der Waals surface area contributed by atoms with Gasteiger partial charge in [0.1, 0.15) is 12.3 Å². The van der Waals surface area contributed by atoms with Crippen LogP contribution in [0.5, 0.6) is 0 Å². The number of hydrogen-bond acceptors (Lipinski definition) is 2. The van der Waals surface area contributed by atoms with Crippen molar-refractivity contribution in [3.63, 3.8) is 0 Å². The standard InChI is InChI=1S/C4H8N6/c5-3-7-1-2(9-3)10-4(6)8-1/h1-2H,(H3,5,7,9)(H3,6,8,10). The second kappa shape index (κ2) is 1.53. The first-order chi connectivity index (χ1) is 4.75. The quantitative estimate of drug-likeness (QED) is 0.232. The van der Waals surface area contributed by atoms with Crippen LogP contribution in [0.1, 0.15) is 0 Å². The van der Waals surface area contributed by atoms with E-state index in [0.717, 1.165) is 0 Å². The van der Waals surface area contributed by atoms with Gasteiger partial charge >= 0.3 is 0 Å². The van der Waals surface area contributed by atoms with E-state index in [0.29, 0.717) is 11.9 Å². The molecule has 54 valence electrons. The molecule has 2 aliphatic rings. The molecule has 0 saturated carbocycles. The van der Waals surface area contributed by atoms with Crippen LogP contribution in [-0.2, 0) is 0 Å². The minimum atomic E-state index is -0.0417. The highest BCUT2D eigenvalue weighted by Crippen LogP contribution is 1.99. The molecule has 2 saturated heterocycles. The van der Waals surface area contributed by atoms with Crippen molar-refractivity contribution in [2.45, 2.75) is 12.3 Å². The van der Waals surface area contributed by atoms with Crippen molar-refractivity contribution in [2.24, 2.45) is 0 Å². The summed E-state index contributed by atoms with van der Waals surface area (Å²) in [6, 6.07) is 0. The topological polar surface area (TPSA) is 95.8 Å². The summed E-state index contributed by atoms with van der Waals surface area (Å²) in [6.07, 6.45) is -0.0833. The Bertz CT molecular complexity index is 160. The van der Waals surface area contributed by atoms with E-state index in [2.05, 4.69) is 21.3 Å². The third-order valence-corrected chi connectivity index (χ3v) is 1.53. The van der Waals surface area contributed by atoms with Gasteiger partial charge in [0.25, 0.3) is 0 Å². The van der Waals surface area contributed by atoms with E-state index >= 15 is 0 Å². The minimum Gasteiger partial charge on any atom is -0.333 e. The van der Waals surface area contributed by atoms with E-state index < -0.39 is 0 Å². The molecule has 6 N–H and O–H groups in total. The van der Waals surface area contributed by atoms with Crippen molar-refractivity contribution in [1.82, 2.24) is 21.3 Å². The van der Waals surface area contributed by atoms with Gasteiger partial charge in [0, 0.05) is 0 Å². The van der Waals surface area contributed by atoms with Crippen molar-refractivity contribution >= 4 is 11.9 Å². The van der Waals surface area contributed by atoms with Gasteiger partial charge < -0.3 is 21.3 Å². The zero-order valence-corrected chi connectivity index (χ0v) is 5.15. The van der Waals surface area contributed by atoms with Gasteiger partial charge in [-0.05, 0) is 0 Å². The Kier molecular flexibility index (Phi) is 0.814. The maximum Gasteiger partial charge on any atom is 0.191 e. The predicted octanol–water partition coefficient (Wildman–Crippen LogP) is -2.11. The van der Waals surface area contributed by atoms with Crippen LogP contribution < -0.4 is 21.3 Å². The Hall–Kier alpha value is -1.46. The number of guanidine groups is 2. The van der Waals surface area contributed by atoms with E-state index in [1.165, 1.54) is 0 Å². The molecule has 10 heavy (non-hydrogen) atoms. The fourth-order valence-corrected chi connectivity index (χ4v) is 1.11. The van der Waals surface area contributed by atoms with Crippen LogP contribution >= 0.6 is 0 Å². The fourth-order valence-electron chi connectivity index (χ4n) is 1.11. The summed E-state index contributed by atoms with van der Waals surface area (Å²) >= 11 is 0. The van der Waals surface area contributed by atoms with Gasteiger partial charge in [-0.2, -0.15) is 0 Å². The van der Waals surface area contributed by atoms with Crippen LogP contribution in [0.25, 0.3) is 0 Å². The van der Waals surface area contributed by atoms with Crippen LogP contribution in [0.2, 0.25) is 0 Å². The van der Waals surface area contributed by atoms with E-state index in [4.69, 9.17) is 10.8 Å². The molecule has 2 aliphatic heterocycles. The zero-order valence-electron chi connectivity index (χ0n) is 5.15. The first-order valence-corrected chi connectivity index (χ1v) is 2.99. The highest BCUT2D eigenvalue weighted by Gasteiger charge is 2.35. The summed E-state index contributed by atoms with van der Waals surface area (Å²) in [7, 11) is 0. The van der Waals surface area contributed by atoms with Crippen LogP contribution in [-0.4, -0.2) is 24.3 Å². The summed E-state index contributed by atoms with van der Waals surface area (Å²) in [5.74, 6) is 0.588. The van der Waals surface area contributed by atoms with Crippen LogP contribution in [0, 0.1) is 10.8 Å². The normalized spacial score (nSPS) is 35.6.